The molecule has 3 unspecified atom stereocenters. The van der Waals surface area contributed by atoms with Crippen LogP contribution in [0.3, 0.4) is 0 Å². The van der Waals surface area contributed by atoms with E-state index in [-0.39, 0.29) is 18.2 Å². The largest absolute Gasteiger partial charge is 0.446 e. The average molecular weight is 206 g/mol. The van der Waals surface area contributed by atoms with Crippen molar-refractivity contribution < 1.29 is 9.53 Å². The van der Waals surface area contributed by atoms with E-state index in [1.165, 1.54) is 0 Å². The molecule has 4 heteroatoms. The van der Waals surface area contributed by atoms with Gasteiger partial charge in [0.2, 0.25) is 0 Å². The lowest BCUT2D eigenvalue weighted by Crippen LogP contribution is -2.54. The van der Waals surface area contributed by atoms with Crippen LogP contribution >= 0.6 is 11.6 Å². The summed E-state index contributed by atoms with van der Waals surface area (Å²) in [5.41, 5.74) is 0. The number of halogens is 1. The summed E-state index contributed by atoms with van der Waals surface area (Å²) in [6.45, 7) is 6.14. The lowest BCUT2D eigenvalue weighted by molar-refractivity contribution is 0.0128. The predicted molar refractivity (Wildman–Crippen MR) is 51.9 cm³/mol. The lowest BCUT2D eigenvalue weighted by Gasteiger charge is -2.38. The van der Waals surface area contributed by atoms with E-state index < -0.39 is 0 Å². The number of rotatable bonds is 2. The molecular formula is C9H16ClNO2. The molecule has 1 rings (SSSR count). The summed E-state index contributed by atoms with van der Waals surface area (Å²) in [7, 11) is 0. The first-order valence-electron chi connectivity index (χ1n) is 4.59. The van der Waals surface area contributed by atoms with Crippen LogP contribution in [0.1, 0.15) is 20.8 Å². The monoisotopic (exact) mass is 205 g/mol. The molecule has 0 spiro atoms. The number of ether oxygens (including phenoxy) is 1. The van der Waals surface area contributed by atoms with Gasteiger partial charge >= 0.3 is 6.09 Å². The number of hydrogen-bond donors (Lipinski definition) is 1. The third-order valence-electron chi connectivity index (χ3n) is 2.54. The first kappa shape index (κ1) is 10.6. The van der Waals surface area contributed by atoms with Crippen molar-refractivity contribution >= 4 is 17.7 Å². The highest BCUT2D eigenvalue weighted by molar-refractivity contribution is 6.18. The molecule has 0 aliphatic carbocycles. The quantitative estimate of drug-likeness (QED) is 0.701. The van der Waals surface area contributed by atoms with Crippen LogP contribution in [0.15, 0.2) is 0 Å². The van der Waals surface area contributed by atoms with Gasteiger partial charge in [0.05, 0.1) is 6.04 Å². The van der Waals surface area contributed by atoms with Crippen LogP contribution in [-0.4, -0.2) is 24.1 Å². The first-order valence-corrected chi connectivity index (χ1v) is 5.12. The molecule has 13 heavy (non-hydrogen) atoms. The van der Waals surface area contributed by atoms with E-state index >= 15 is 0 Å². The number of hydrogen-bond acceptors (Lipinski definition) is 2. The van der Waals surface area contributed by atoms with Gasteiger partial charge in [-0.15, -0.1) is 11.6 Å². The van der Waals surface area contributed by atoms with Gasteiger partial charge in [0.15, 0.2) is 0 Å². The summed E-state index contributed by atoms with van der Waals surface area (Å²) in [6, 6.07) is 0.0397. The second-order valence-corrected chi connectivity index (χ2v) is 4.15. The molecule has 1 aliphatic rings. The fourth-order valence-corrected chi connectivity index (χ4v) is 2.29. The number of cyclic esters (lactones) is 1. The maximum absolute atomic E-state index is 11.0. The second-order valence-electron chi connectivity index (χ2n) is 3.84. The molecule has 0 bridgehead atoms. The smallest absolute Gasteiger partial charge is 0.407 e. The normalized spacial score (nSPS) is 34.2. The fourth-order valence-electron chi connectivity index (χ4n) is 2.00. The van der Waals surface area contributed by atoms with Gasteiger partial charge in [-0.05, 0) is 12.8 Å². The predicted octanol–water partition coefficient (Wildman–Crippen LogP) is 1.99. The molecular weight excluding hydrogens is 190 g/mol. The third-order valence-corrected chi connectivity index (χ3v) is 2.87. The van der Waals surface area contributed by atoms with Crippen molar-refractivity contribution in [2.45, 2.75) is 32.9 Å². The Hall–Kier alpha value is -0.440. The molecule has 1 amide bonds. The van der Waals surface area contributed by atoms with Gasteiger partial charge in [0, 0.05) is 11.8 Å². The molecule has 0 aromatic rings. The molecule has 1 saturated heterocycles. The minimum atomic E-state index is -0.352. The number of amides is 1. The van der Waals surface area contributed by atoms with Crippen LogP contribution in [0, 0.1) is 11.8 Å². The number of carbonyl (C=O) groups is 1. The SMILES string of the molecule is CC(C)C1C(CCl)NC(=O)OC1C. The van der Waals surface area contributed by atoms with E-state index in [4.69, 9.17) is 16.3 Å². The van der Waals surface area contributed by atoms with Crippen molar-refractivity contribution in [2.75, 3.05) is 5.88 Å². The number of carbonyl (C=O) groups excluding carboxylic acids is 1. The molecule has 0 aromatic heterocycles. The van der Waals surface area contributed by atoms with Crippen LogP contribution in [0.4, 0.5) is 4.79 Å². The van der Waals surface area contributed by atoms with E-state index in [1.54, 1.807) is 0 Å². The number of alkyl carbamates (subject to hydrolysis) is 1. The molecule has 0 saturated carbocycles. The van der Waals surface area contributed by atoms with Crippen molar-refractivity contribution in [3.63, 3.8) is 0 Å². The van der Waals surface area contributed by atoms with Crippen molar-refractivity contribution in [2.24, 2.45) is 11.8 Å². The molecule has 1 aliphatic heterocycles. The van der Waals surface area contributed by atoms with E-state index in [9.17, 15) is 4.79 Å². The summed E-state index contributed by atoms with van der Waals surface area (Å²) in [5.74, 6) is 1.21. The summed E-state index contributed by atoms with van der Waals surface area (Å²) < 4.78 is 5.08. The zero-order valence-corrected chi connectivity index (χ0v) is 8.97. The zero-order valence-electron chi connectivity index (χ0n) is 8.21. The average Bonchev–Trinajstić information content (AvgIpc) is 2.01. The van der Waals surface area contributed by atoms with Crippen molar-refractivity contribution in [3.05, 3.63) is 0 Å². The topological polar surface area (TPSA) is 38.3 Å². The van der Waals surface area contributed by atoms with E-state index in [1.807, 2.05) is 6.92 Å². The number of alkyl halides is 1. The Morgan fingerprint density at radius 2 is 2.23 bits per heavy atom. The summed E-state index contributed by atoms with van der Waals surface area (Å²) in [6.07, 6.45) is -0.396. The van der Waals surface area contributed by atoms with Crippen molar-refractivity contribution in [1.29, 1.82) is 0 Å². The van der Waals surface area contributed by atoms with Gasteiger partial charge in [0.1, 0.15) is 6.10 Å². The molecule has 1 heterocycles. The van der Waals surface area contributed by atoms with Crippen LogP contribution < -0.4 is 5.32 Å². The maximum Gasteiger partial charge on any atom is 0.407 e. The Bertz CT molecular complexity index is 196. The molecule has 76 valence electrons. The first-order chi connectivity index (χ1) is 6.06. The Morgan fingerprint density at radius 1 is 1.62 bits per heavy atom. The molecule has 1 fully saturated rings. The Morgan fingerprint density at radius 3 is 2.69 bits per heavy atom. The van der Waals surface area contributed by atoms with Gasteiger partial charge in [-0.1, -0.05) is 13.8 Å². The third kappa shape index (κ3) is 2.27. The van der Waals surface area contributed by atoms with Crippen LogP contribution in [0.25, 0.3) is 0 Å². The Balaban J connectivity index is 2.71. The molecule has 3 atom stereocenters. The van der Waals surface area contributed by atoms with Gasteiger partial charge in [-0.25, -0.2) is 4.79 Å². The van der Waals surface area contributed by atoms with Crippen molar-refractivity contribution in [1.82, 2.24) is 5.32 Å². The molecule has 3 nitrogen and oxygen atoms in total. The van der Waals surface area contributed by atoms with Crippen LogP contribution in [-0.2, 0) is 4.74 Å². The highest BCUT2D eigenvalue weighted by Crippen LogP contribution is 2.26. The van der Waals surface area contributed by atoms with Crippen molar-refractivity contribution in [3.8, 4) is 0 Å². The summed E-state index contributed by atoms with van der Waals surface area (Å²) in [4.78, 5) is 11.0. The Labute approximate surface area is 83.8 Å². The van der Waals surface area contributed by atoms with E-state index in [0.717, 1.165) is 0 Å². The summed E-state index contributed by atoms with van der Waals surface area (Å²) in [5, 5.41) is 2.73. The lowest BCUT2D eigenvalue weighted by atomic mass is 9.84. The highest BCUT2D eigenvalue weighted by Gasteiger charge is 2.36. The van der Waals surface area contributed by atoms with E-state index in [0.29, 0.717) is 17.7 Å². The maximum atomic E-state index is 11.0. The van der Waals surface area contributed by atoms with Gasteiger partial charge < -0.3 is 10.1 Å². The fraction of sp³-hybridized carbons (Fsp3) is 0.889. The van der Waals surface area contributed by atoms with Crippen LogP contribution in [0.5, 0.6) is 0 Å². The zero-order chi connectivity index (χ0) is 10.0. The molecule has 0 aromatic carbocycles. The molecule has 0 radical (unpaired) electrons. The minimum Gasteiger partial charge on any atom is -0.446 e. The van der Waals surface area contributed by atoms with Gasteiger partial charge in [-0.3, -0.25) is 0 Å². The summed E-state index contributed by atoms with van der Waals surface area (Å²) >= 11 is 5.78. The van der Waals surface area contributed by atoms with Gasteiger partial charge in [0.25, 0.3) is 0 Å². The minimum absolute atomic E-state index is 0.0397. The standard InChI is InChI=1S/C9H16ClNO2/c1-5(2)8-6(3)13-9(12)11-7(8)4-10/h5-8H,4H2,1-3H3,(H,11,12). The number of nitrogens with one attached hydrogen (secondary N) is 1. The molecule has 1 N–H and O–H groups in total. The van der Waals surface area contributed by atoms with Gasteiger partial charge in [-0.2, -0.15) is 0 Å². The second kappa shape index (κ2) is 4.18. The van der Waals surface area contributed by atoms with E-state index in [2.05, 4.69) is 19.2 Å². The highest BCUT2D eigenvalue weighted by atomic mass is 35.5. The van der Waals surface area contributed by atoms with Crippen LogP contribution in [0.2, 0.25) is 0 Å². The Kier molecular flexibility index (Phi) is 3.42.